The van der Waals surface area contributed by atoms with Crippen LogP contribution in [-0.2, 0) is 4.79 Å². The molecular weight excluding hydrogens is 206 g/mol. The van der Waals surface area contributed by atoms with Crippen molar-refractivity contribution in [3.63, 3.8) is 0 Å². The Kier molecular flexibility index (Phi) is 9.97. The third-order valence-corrected chi connectivity index (χ3v) is 2.72. The van der Waals surface area contributed by atoms with E-state index in [-0.39, 0.29) is 0 Å². The van der Waals surface area contributed by atoms with Crippen LogP contribution in [0.3, 0.4) is 0 Å². The minimum Gasteiger partial charge on any atom is -0.283 e. The molecule has 0 aliphatic rings. The van der Waals surface area contributed by atoms with E-state index in [2.05, 4.69) is 6.92 Å². The predicted molar refractivity (Wildman–Crippen MR) is 63.7 cm³/mol. The van der Waals surface area contributed by atoms with Gasteiger partial charge in [-0.25, -0.2) is 0 Å². The highest BCUT2D eigenvalue weighted by Gasteiger charge is 2.18. The molecule has 0 aromatic carbocycles. The molecule has 0 saturated carbocycles. The molecule has 0 rings (SSSR count). The molecule has 1 atom stereocenters. The van der Waals surface area contributed by atoms with E-state index in [4.69, 9.17) is 0 Å². The highest BCUT2D eigenvalue weighted by atomic mass is 16.6. The quantitative estimate of drug-likeness (QED) is 0.310. The van der Waals surface area contributed by atoms with Crippen LogP contribution < -0.4 is 0 Å². The summed E-state index contributed by atoms with van der Waals surface area (Å²) < 4.78 is 0. The van der Waals surface area contributed by atoms with Crippen LogP contribution in [0.15, 0.2) is 0 Å². The highest BCUT2D eigenvalue weighted by Crippen LogP contribution is 2.10. The van der Waals surface area contributed by atoms with Crippen LogP contribution in [0.25, 0.3) is 0 Å². The number of nitro groups is 1. The fraction of sp³-hybridized carbons (Fsp3) is 0.917. The molecule has 0 N–H and O–H groups in total. The third kappa shape index (κ3) is 8.38. The van der Waals surface area contributed by atoms with Gasteiger partial charge in [0.25, 0.3) is 12.3 Å². The number of hydrogen-bond donors (Lipinski definition) is 0. The number of hydrogen-bond acceptors (Lipinski definition) is 3. The first kappa shape index (κ1) is 15.1. The molecule has 0 fully saturated rings. The van der Waals surface area contributed by atoms with E-state index < -0.39 is 11.0 Å². The van der Waals surface area contributed by atoms with Crippen molar-refractivity contribution in [3.05, 3.63) is 10.1 Å². The Morgan fingerprint density at radius 2 is 1.56 bits per heavy atom. The molecule has 0 spiro atoms. The first-order chi connectivity index (χ1) is 7.72. The van der Waals surface area contributed by atoms with E-state index in [9.17, 15) is 14.9 Å². The van der Waals surface area contributed by atoms with Crippen molar-refractivity contribution in [1.29, 1.82) is 0 Å². The fourth-order valence-corrected chi connectivity index (χ4v) is 1.68. The first-order valence-corrected chi connectivity index (χ1v) is 6.23. The van der Waals surface area contributed by atoms with Gasteiger partial charge in [0, 0.05) is 11.3 Å². The normalized spacial score (nSPS) is 12.3. The Balaban J connectivity index is 3.26. The summed E-state index contributed by atoms with van der Waals surface area (Å²) >= 11 is 0. The van der Waals surface area contributed by atoms with Crippen molar-refractivity contribution in [3.8, 4) is 0 Å². The zero-order valence-corrected chi connectivity index (χ0v) is 10.1. The summed E-state index contributed by atoms with van der Waals surface area (Å²) in [7, 11) is 0. The molecule has 0 heterocycles. The van der Waals surface area contributed by atoms with Gasteiger partial charge < -0.3 is 0 Å². The maximum atomic E-state index is 10.3. The van der Waals surface area contributed by atoms with Gasteiger partial charge in [0.15, 0.2) is 0 Å². The average Bonchev–Trinajstić information content (AvgIpc) is 2.26. The standard InChI is InChI=1S/C12H22NO3/c1-2-3-4-5-6-7-8-9-10-12(11-14)13(15)16/h12H,2-10H2,1H3. The average molecular weight is 228 g/mol. The van der Waals surface area contributed by atoms with Crippen LogP contribution in [0.4, 0.5) is 0 Å². The molecule has 1 unspecified atom stereocenters. The second-order valence-corrected chi connectivity index (χ2v) is 4.18. The van der Waals surface area contributed by atoms with E-state index >= 15 is 0 Å². The zero-order valence-electron chi connectivity index (χ0n) is 10.1. The highest BCUT2D eigenvalue weighted by molar-refractivity contribution is 5.56. The molecule has 0 saturated heterocycles. The monoisotopic (exact) mass is 228 g/mol. The lowest BCUT2D eigenvalue weighted by Crippen LogP contribution is -2.20. The Morgan fingerprint density at radius 1 is 1.06 bits per heavy atom. The van der Waals surface area contributed by atoms with Gasteiger partial charge in [-0.05, 0) is 6.42 Å². The van der Waals surface area contributed by atoms with E-state index in [0.717, 1.165) is 19.3 Å². The van der Waals surface area contributed by atoms with Crippen molar-refractivity contribution < 1.29 is 9.72 Å². The van der Waals surface area contributed by atoms with Gasteiger partial charge in [-0.1, -0.05) is 51.9 Å². The molecular formula is C12H22NO3. The second-order valence-electron chi connectivity index (χ2n) is 4.18. The lowest BCUT2D eigenvalue weighted by Gasteiger charge is -2.02. The van der Waals surface area contributed by atoms with Gasteiger partial charge in [-0.15, -0.1) is 0 Å². The Hall–Kier alpha value is -0.930. The maximum absolute atomic E-state index is 10.3. The molecule has 0 aliphatic heterocycles. The van der Waals surface area contributed by atoms with Crippen molar-refractivity contribution in [2.45, 2.75) is 70.8 Å². The summed E-state index contributed by atoms with van der Waals surface area (Å²) in [6, 6.07) is -1.11. The number of unbranched alkanes of at least 4 members (excludes halogenated alkanes) is 7. The van der Waals surface area contributed by atoms with Gasteiger partial charge in [-0.2, -0.15) is 0 Å². The predicted octanol–water partition coefficient (Wildman–Crippen LogP) is 3.27. The largest absolute Gasteiger partial charge is 0.283 e. The summed E-state index contributed by atoms with van der Waals surface area (Å²) in [5, 5.41) is 10.3. The summed E-state index contributed by atoms with van der Waals surface area (Å²) in [6.07, 6.45) is 11.0. The molecule has 16 heavy (non-hydrogen) atoms. The van der Waals surface area contributed by atoms with Crippen molar-refractivity contribution in [2.24, 2.45) is 0 Å². The van der Waals surface area contributed by atoms with Gasteiger partial charge in [-0.3, -0.25) is 14.9 Å². The molecule has 0 bridgehead atoms. The summed E-state index contributed by atoms with van der Waals surface area (Å²) in [4.78, 5) is 20.0. The van der Waals surface area contributed by atoms with Crippen LogP contribution >= 0.6 is 0 Å². The zero-order chi connectivity index (χ0) is 12.2. The summed E-state index contributed by atoms with van der Waals surface area (Å²) in [6.45, 7) is 2.19. The minimum atomic E-state index is -1.11. The lowest BCUT2D eigenvalue weighted by atomic mass is 10.1. The summed E-state index contributed by atoms with van der Waals surface area (Å²) in [5.74, 6) is 0. The molecule has 0 amide bonds. The topological polar surface area (TPSA) is 60.2 Å². The van der Waals surface area contributed by atoms with Gasteiger partial charge in [0.05, 0.1) is 0 Å². The molecule has 93 valence electrons. The van der Waals surface area contributed by atoms with Crippen molar-refractivity contribution in [2.75, 3.05) is 0 Å². The number of rotatable bonds is 11. The van der Waals surface area contributed by atoms with E-state index in [1.807, 2.05) is 0 Å². The second kappa shape index (κ2) is 10.6. The smallest absolute Gasteiger partial charge is 0.278 e. The SMILES string of the molecule is CCCCCCCCCCC([C]=O)[N+](=O)[O-]. The molecule has 4 heteroatoms. The molecule has 4 nitrogen and oxygen atoms in total. The van der Waals surface area contributed by atoms with Gasteiger partial charge in [0.1, 0.15) is 0 Å². The Labute approximate surface area is 97.6 Å². The van der Waals surface area contributed by atoms with E-state index in [1.54, 1.807) is 0 Å². The van der Waals surface area contributed by atoms with Crippen LogP contribution in [0.2, 0.25) is 0 Å². The van der Waals surface area contributed by atoms with Crippen LogP contribution in [0, 0.1) is 10.1 Å². The Morgan fingerprint density at radius 3 is 2.00 bits per heavy atom. The minimum absolute atomic E-state index is 0.339. The first-order valence-electron chi connectivity index (χ1n) is 6.23. The van der Waals surface area contributed by atoms with Gasteiger partial charge >= 0.3 is 0 Å². The lowest BCUT2D eigenvalue weighted by molar-refractivity contribution is -0.503. The number of carbonyl (C=O) groups excluding carboxylic acids is 1. The van der Waals surface area contributed by atoms with E-state index in [1.165, 1.54) is 38.4 Å². The van der Waals surface area contributed by atoms with Gasteiger partial charge in [0.2, 0.25) is 0 Å². The summed E-state index contributed by atoms with van der Waals surface area (Å²) in [5.41, 5.74) is 0. The molecule has 0 aromatic rings. The van der Waals surface area contributed by atoms with Crippen molar-refractivity contribution in [1.82, 2.24) is 0 Å². The van der Waals surface area contributed by atoms with Crippen LogP contribution in [-0.4, -0.2) is 17.3 Å². The van der Waals surface area contributed by atoms with E-state index in [0.29, 0.717) is 6.42 Å². The Bertz CT molecular complexity index is 195. The number of nitrogens with zero attached hydrogens (tertiary/aromatic N) is 1. The van der Waals surface area contributed by atoms with Crippen LogP contribution in [0.1, 0.15) is 64.7 Å². The molecule has 1 radical (unpaired) electrons. The van der Waals surface area contributed by atoms with Crippen molar-refractivity contribution >= 4 is 6.29 Å². The maximum Gasteiger partial charge on any atom is 0.278 e. The third-order valence-electron chi connectivity index (χ3n) is 2.72. The van der Waals surface area contributed by atoms with Crippen LogP contribution in [0.5, 0.6) is 0 Å². The molecule has 0 aromatic heterocycles. The molecule has 0 aliphatic carbocycles. The fourth-order valence-electron chi connectivity index (χ4n) is 1.68.